The maximum Gasteiger partial charge on any atom is 0.332 e. The van der Waals surface area contributed by atoms with Crippen LogP contribution in [0, 0.1) is 10.1 Å². The molecule has 32 heavy (non-hydrogen) atoms. The van der Waals surface area contributed by atoms with Gasteiger partial charge in [-0.3, -0.25) is 28.9 Å². The molecule has 0 bridgehead atoms. The van der Waals surface area contributed by atoms with Crippen LogP contribution in [0.15, 0.2) is 33.9 Å². The number of anilines is 2. The molecule has 1 aromatic heterocycles. The van der Waals surface area contributed by atoms with E-state index < -0.39 is 4.92 Å². The second-order valence-corrected chi connectivity index (χ2v) is 7.99. The molecule has 1 aliphatic rings. The van der Waals surface area contributed by atoms with Gasteiger partial charge in [-0.2, -0.15) is 0 Å². The molecule has 1 aromatic carbocycles. The van der Waals surface area contributed by atoms with E-state index in [1.165, 1.54) is 36.9 Å². The Morgan fingerprint density at radius 2 is 1.94 bits per heavy atom. The first kappa shape index (κ1) is 23.3. The number of nitro benzene ring substituents is 1. The van der Waals surface area contributed by atoms with Gasteiger partial charge in [-0.25, -0.2) is 4.79 Å². The Labute approximate surface area is 186 Å². The summed E-state index contributed by atoms with van der Waals surface area (Å²) in [7, 11) is 4.62. The second kappa shape index (κ2) is 9.86. The lowest BCUT2D eigenvalue weighted by Gasteiger charge is -2.41. The zero-order valence-corrected chi connectivity index (χ0v) is 18.9. The predicted octanol–water partition coefficient (Wildman–Crippen LogP) is 1.01. The Bertz CT molecular complexity index is 1100. The molecule has 1 atom stereocenters. The van der Waals surface area contributed by atoms with E-state index in [1.807, 2.05) is 0 Å². The summed E-state index contributed by atoms with van der Waals surface area (Å²) in [5, 5.41) is 14.2. The van der Waals surface area contributed by atoms with Gasteiger partial charge in [0.2, 0.25) is 0 Å². The molecular formula is C21H30N6O5. The summed E-state index contributed by atoms with van der Waals surface area (Å²) < 4.78 is 7.90. The van der Waals surface area contributed by atoms with Gasteiger partial charge in [-0.15, -0.1) is 0 Å². The number of nitrogens with zero attached hydrogens (tertiary/aromatic N) is 5. The summed E-state index contributed by atoms with van der Waals surface area (Å²) in [6.07, 6.45) is 0.856. The van der Waals surface area contributed by atoms with Crippen LogP contribution in [0.5, 0.6) is 5.75 Å². The van der Waals surface area contributed by atoms with Crippen LogP contribution in [0.4, 0.5) is 17.2 Å². The van der Waals surface area contributed by atoms with E-state index >= 15 is 0 Å². The van der Waals surface area contributed by atoms with E-state index in [4.69, 9.17) is 4.74 Å². The number of piperazine rings is 1. The third-order valence-electron chi connectivity index (χ3n) is 5.93. The molecule has 2 aromatic rings. The molecule has 1 aliphatic heterocycles. The van der Waals surface area contributed by atoms with Crippen LogP contribution in [0.3, 0.4) is 0 Å². The van der Waals surface area contributed by atoms with E-state index in [1.54, 1.807) is 13.1 Å². The molecule has 174 valence electrons. The molecular weight excluding hydrogens is 416 g/mol. The summed E-state index contributed by atoms with van der Waals surface area (Å²) in [5.74, 6) is 1.02. The van der Waals surface area contributed by atoms with Crippen LogP contribution in [-0.2, 0) is 14.1 Å². The molecule has 2 heterocycles. The number of aromatic nitrogens is 2. The Balaban J connectivity index is 1.54. The van der Waals surface area contributed by atoms with Crippen LogP contribution < -0.4 is 26.2 Å². The molecule has 0 spiro atoms. The highest BCUT2D eigenvalue weighted by atomic mass is 16.6. The van der Waals surface area contributed by atoms with Crippen molar-refractivity contribution in [2.75, 3.05) is 50.1 Å². The normalized spacial score (nSPS) is 16.8. The highest BCUT2D eigenvalue weighted by Crippen LogP contribution is 2.33. The highest BCUT2D eigenvalue weighted by molar-refractivity contribution is 5.62. The Morgan fingerprint density at radius 3 is 2.59 bits per heavy atom. The molecule has 1 unspecified atom stereocenters. The third kappa shape index (κ3) is 4.93. The average molecular weight is 447 g/mol. The zero-order chi connectivity index (χ0) is 23.4. The van der Waals surface area contributed by atoms with Gasteiger partial charge < -0.3 is 15.0 Å². The molecule has 0 amide bonds. The van der Waals surface area contributed by atoms with Gasteiger partial charge in [0.05, 0.1) is 23.8 Å². The fraction of sp³-hybridized carbons (Fsp3) is 0.524. The smallest absolute Gasteiger partial charge is 0.332 e. The molecule has 0 aliphatic carbocycles. The van der Waals surface area contributed by atoms with E-state index in [0.717, 1.165) is 42.9 Å². The Hall–Kier alpha value is -3.34. The summed E-state index contributed by atoms with van der Waals surface area (Å²) in [6, 6.07) is 6.43. The van der Waals surface area contributed by atoms with Crippen LogP contribution in [0.25, 0.3) is 0 Å². The van der Waals surface area contributed by atoms with E-state index in [0.29, 0.717) is 18.1 Å². The zero-order valence-electron chi connectivity index (χ0n) is 18.9. The van der Waals surface area contributed by atoms with Crippen molar-refractivity contribution < 1.29 is 9.66 Å². The first-order valence-electron chi connectivity index (χ1n) is 10.5. The first-order valence-corrected chi connectivity index (χ1v) is 10.5. The molecule has 3 rings (SSSR count). The number of rotatable bonds is 8. The molecule has 11 heteroatoms. The minimum absolute atomic E-state index is 0.0126. The van der Waals surface area contributed by atoms with Crippen LogP contribution in [-0.4, -0.2) is 64.8 Å². The van der Waals surface area contributed by atoms with Crippen molar-refractivity contribution >= 4 is 17.2 Å². The van der Waals surface area contributed by atoms with Crippen LogP contribution in [0.1, 0.15) is 13.3 Å². The second-order valence-electron chi connectivity index (χ2n) is 7.99. The Kier molecular flexibility index (Phi) is 7.18. The molecule has 0 saturated carbocycles. The monoisotopic (exact) mass is 446 g/mol. The van der Waals surface area contributed by atoms with E-state index in [9.17, 15) is 19.7 Å². The van der Waals surface area contributed by atoms with Crippen molar-refractivity contribution in [3.05, 3.63) is 55.2 Å². The van der Waals surface area contributed by atoms with Gasteiger partial charge in [0.25, 0.3) is 11.2 Å². The molecule has 1 saturated heterocycles. The van der Waals surface area contributed by atoms with E-state index in [-0.39, 0.29) is 23.0 Å². The standard InChI is InChI=1S/C21H30N6O5/c1-15-14-26(17-7-6-16(27(30)31)12-18(17)32-4)11-10-25(15)9-5-8-22-19-13-20(28)24(3)21(29)23(19)2/h6-7,12-13,15,22H,5,8-11,14H2,1-4H3. The SMILES string of the molecule is COc1cc([N+](=O)[O-])ccc1N1CCN(CCCNc2cc(=O)n(C)c(=O)n2C)C(C)C1. The van der Waals surface area contributed by atoms with Crippen molar-refractivity contribution in [2.24, 2.45) is 14.1 Å². The molecule has 11 nitrogen and oxygen atoms in total. The number of methoxy groups -OCH3 is 1. The van der Waals surface area contributed by atoms with Crippen molar-refractivity contribution in [3.63, 3.8) is 0 Å². The average Bonchev–Trinajstić information content (AvgIpc) is 2.78. The quantitative estimate of drug-likeness (QED) is 0.363. The number of benzene rings is 1. The van der Waals surface area contributed by atoms with Gasteiger partial charge >= 0.3 is 5.69 Å². The number of hydrogen-bond acceptors (Lipinski definition) is 8. The van der Waals surface area contributed by atoms with Gasteiger partial charge in [0, 0.05) is 65.0 Å². The topological polar surface area (TPSA) is 115 Å². The number of non-ortho nitro benzene ring substituents is 1. The summed E-state index contributed by atoms with van der Waals surface area (Å²) >= 11 is 0. The number of hydrogen-bond donors (Lipinski definition) is 1. The van der Waals surface area contributed by atoms with Gasteiger partial charge in [0.15, 0.2) is 0 Å². The minimum Gasteiger partial charge on any atom is -0.494 e. The summed E-state index contributed by atoms with van der Waals surface area (Å²) in [4.78, 5) is 39.0. The molecule has 1 fully saturated rings. The number of nitrogens with one attached hydrogen (secondary N) is 1. The van der Waals surface area contributed by atoms with Gasteiger partial charge in [-0.1, -0.05) is 0 Å². The van der Waals surface area contributed by atoms with Crippen LogP contribution in [0.2, 0.25) is 0 Å². The lowest BCUT2D eigenvalue weighted by molar-refractivity contribution is -0.384. The minimum atomic E-state index is -0.425. The Morgan fingerprint density at radius 1 is 1.19 bits per heavy atom. The van der Waals surface area contributed by atoms with Gasteiger partial charge in [-0.05, 0) is 19.4 Å². The predicted molar refractivity (Wildman–Crippen MR) is 123 cm³/mol. The maximum atomic E-state index is 12.0. The largest absolute Gasteiger partial charge is 0.494 e. The van der Waals surface area contributed by atoms with E-state index in [2.05, 4.69) is 22.0 Å². The lowest BCUT2D eigenvalue weighted by atomic mass is 10.1. The van der Waals surface area contributed by atoms with Gasteiger partial charge in [0.1, 0.15) is 11.6 Å². The molecule has 0 radical (unpaired) electrons. The van der Waals surface area contributed by atoms with Crippen molar-refractivity contribution in [2.45, 2.75) is 19.4 Å². The lowest BCUT2D eigenvalue weighted by Crippen LogP contribution is -2.52. The molecule has 1 N–H and O–H groups in total. The maximum absolute atomic E-state index is 12.0. The van der Waals surface area contributed by atoms with Crippen molar-refractivity contribution in [1.82, 2.24) is 14.0 Å². The fourth-order valence-electron chi connectivity index (χ4n) is 3.99. The van der Waals surface area contributed by atoms with Crippen molar-refractivity contribution in [3.8, 4) is 5.75 Å². The third-order valence-corrected chi connectivity index (χ3v) is 5.93. The summed E-state index contributed by atoms with van der Waals surface area (Å²) in [6.45, 7) is 6.09. The number of nitro groups is 1. The highest BCUT2D eigenvalue weighted by Gasteiger charge is 2.26. The van der Waals surface area contributed by atoms with Crippen LogP contribution >= 0.6 is 0 Å². The van der Waals surface area contributed by atoms with Crippen molar-refractivity contribution in [1.29, 1.82) is 0 Å². The fourth-order valence-corrected chi connectivity index (χ4v) is 3.99. The number of ether oxygens (including phenoxy) is 1. The summed E-state index contributed by atoms with van der Waals surface area (Å²) in [5.41, 5.74) is 0.185. The first-order chi connectivity index (χ1) is 15.2.